The van der Waals surface area contributed by atoms with Crippen LogP contribution in [0.15, 0.2) is 44.6 Å². The zero-order valence-electron chi connectivity index (χ0n) is 21.2. The summed E-state index contributed by atoms with van der Waals surface area (Å²) >= 11 is 0. The molecular weight excluding hydrogens is 486 g/mol. The molecule has 4 aromatic rings. The lowest BCUT2D eigenvalue weighted by Gasteiger charge is -2.07. The first kappa shape index (κ1) is 24.5. The van der Waals surface area contributed by atoms with E-state index in [1.165, 1.54) is 23.3 Å². The van der Waals surface area contributed by atoms with E-state index in [2.05, 4.69) is 46.1 Å². The fraction of sp³-hybridized carbons (Fsp3) is 0.200. The maximum absolute atomic E-state index is 10.9. The number of hydrogen-bond acceptors (Lipinski definition) is 11. The minimum Gasteiger partial charge on any atom is -0.507 e. The van der Waals surface area contributed by atoms with Crippen molar-refractivity contribution >= 4 is 30.8 Å². The molecule has 13 nitrogen and oxygen atoms in total. The summed E-state index contributed by atoms with van der Waals surface area (Å²) in [6, 6.07) is 7.22. The highest BCUT2D eigenvalue weighted by Crippen LogP contribution is 2.24. The average Bonchev–Trinajstić information content (AvgIpc) is 3.41. The molecule has 2 aromatic carbocycles. The largest absolute Gasteiger partial charge is 0.507 e. The zero-order chi connectivity index (χ0) is 26.8. The van der Waals surface area contributed by atoms with E-state index < -0.39 is 0 Å². The summed E-state index contributed by atoms with van der Waals surface area (Å²) in [5.41, 5.74) is 6.60. The van der Waals surface area contributed by atoms with Crippen LogP contribution in [0, 0.1) is 27.7 Å². The number of hydrogen-bond donors (Lipinski definition) is 3. The molecule has 3 N–H and O–H groups in total. The monoisotopic (exact) mass is 511 g/mol. The summed E-state index contributed by atoms with van der Waals surface area (Å²) in [7, 11) is 0. The molecule has 5 rings (SSSR count). The van der Waals surface area contributed by atoms with Crippen LogP contribution in [0.2, 0.25) is 0 Å². The molecule has 0 atom stereocenters. The van der Waals surface area contributed by atoms with Crippen LogP contribution in [0.4, 0.5) is 5.95 Å². The fourth-order valence-electron chi connectivity index (χ4n) is 3.91. The maximum Gasteiger partial charge on any atom is 0.266 e. The van der Waals surface area contributed by atoms with Gasteiger partial charge < -0.3 is 10.2 Å². The summed E-state index contributed by atoms with van der Waals surface area (Å²) in [5, 5.41) is 51.3. The molecule has 192 valence electrons. The lowest BCUT2D eigenvalue weighted by atomic mass is 10.1. The topological polar surface area (TPSA) is 163 Å². The predicted octanol–water partition coefficient (Wildman–Crippen LogP) is 2.66. The zero-order valence-corrected chi connectivity index (χ0v) is 21.2. The Balaban J connectivity index is 1.64. The number of hydrazone groups is 1. The van der Waals surface area contributed by atoms with Gasteiger partial charge in [0.15, 0.2) is 17.5 Å². The number of aliphatic imine (C=N–C) groups is 1. The fourth-order valence-corrected chi connectivity index (χ4v) is 3.91. The maximum atomic E-state index is 10.9. The minimum atomic E-state index is 0.00426. The van der Waals surface area contributed by atoms with Gasteiger partial charge in [0.25, 0.3) is 5.95 Å². The molecule has 13 heteroatoms. The number of nitrogens with zero attached hydrogens (tertiary/aromatic N) is 10. The lowest BCUT2D eigenvalue weighted by Crippen LogP contribution is -2.03. The number of rotatable bonds is 0. The SMILES string of the molecule is Cc1cc2c(O)c(c1)/C=N/n1c(C)nnc1N/N=C/c1cc(C)cc(c1O)/C=N/n1c(C)nnc1CN=C2. The van der Waals surface area contributed by atoms with Crippen LogP contribution in [-0.4, -0.2) is 64.8 Å². The number of aryl methyl sites for hydroxylation is 4. The van der Waals surface area contributed by atoms with Crippen molar-refractivity contribution in [2.24, 2.45) is 20.3 Å². The molecule has 3 heterocycles. The van der Waals surface area contributed by atoms with Crippen LogP contribution in [0.1, 0.15) is 50.9 Å². The molecule has 0 saturated heterocycles. The van der Waals surface area contributed by atoms with Crippen LogP contribution in [0.3, 0.4) is 0 Å². The van der Waals surface area contributed by atoms with E-state index in [0.717, 1.165) is 11.1 Å². The Morgan fingerprint density at radius 3 is 1.84 bits per heavy atom. The first-order valence-corrected chi connectivity index (χ1v) is 11.7. The molecule has 38 heavy (non-hydrogen) atoms. The van der Waals surface area contributed by atoms with Gasteiger partial charge in [-0.3, -0.25) is 4.99 Å². The molecule has 4 bridgehead atoms. The lowest BCUT2D eigenvalue weighted by molar-refractivity contribution is 0.473. The molecule has 1 aliphatic rings. The first-order chi connectivity index (χ1) is 18.3. The molecule has 0 fully saturated rings. The van der Waals surface area contributed by atoms with Gasteiger partial charge in [0.1, 0.15) is 18.0 Å². The van der Waals surface area contributed by atoms with Crippen LogP contribution >= 0.6 is 0 Å². The number of phenolic OH excluding ortho intramolecular Hbond substituents is 2. The molecule has 2 aromatic heterocycles. The second-order valence-corrected chi connectivity index (χ2v) is 8.77. The molecule has 1 aliphatic heterocycles. The quantitative estimate of drug-likeness (QED) is 0.327. The third-order valence-electron chi connectivity index (χ3n) is 5.74. The molecular formula is C25H25N11O2. The van der Waals surface area contributed by atoms with Crippen molar-refractivity contribution in [1.82, 2.24) is 29.7 Å². The smallest absolute Gasteiger partial charge is 0.266 e. The number of phenols is 2. The van der Waals surface area contributed by atoms with Crippen molar-refractivity contribution in [3.8, 4) is 11.5 Å². The Labute approximate surface area is 217 Å². The molecule has 0 amide bonds. The molecule has 0 saturated carbocycles. The van der Waals surface area contributed by atoms with E-state index in [-0.39, 0.29) is 24.0 Å². The van der Waals surface area contributed by atoms with Crippen LogP contribution in [-0.2, 0) is 6.54 Å². The van der Waals surface area contributed by atoms with Gasteiger partial charge >= 0.3 is 0 Å². The van der Waals surface area contributed by atoms with Crippen molar-refractivity contribution in [3.63, 3.8) is 0 Å². The van der Waals surface area contributed by atoms with Crippen LogP contribution in [0.25, 0.3) is 0 Å². The van der Waals surface area contributed by atoms with Crippen molar-refractivity contribution in [1.29, 1.82) is 0 Å². The highest BCUT2D eigenvalue weighted by atomic mass is 16.3. The predicted molar refractivity (Wildman–Crippen MR) is 144 cm³/mol. The number of aromatic hydroxyl groups is 2. The van der Waals surface area contributed by atoms with Crippen molar-refractivity contribution in [2.75, 3.05) is 5.43 Å². The van der Waals surface area contributed by atoms with Gasteiger partial charge in [-0.05, 0) is 63.1 Å². The van der Waals surface area contributed by atoms with E-state index in [1.54, 1.807) is 42.9 Å². The highest BCUT2D eigenvalue weighted by molar-refractivity contribution is 5.93. The van der Waals surface area contributed by atoms with Crippen LogP contribution in [0.5, 0.6) is 11.5 Å². The standard InChI is InChI=1S/C25H25N11O2/c1-14-5-18-9-26-13-22-32-30-16(3)35(22)28-11-20-8-15(2)6-19(24(20)38)10-27-33-25-34-31-17(4)36(25)29-12-21(7-14)23(18)37/h5-12,37-38H,13H2,1-4H3,(H,33,34)/b26-9?,27-10+,28-11+,29-12+. The number of nitrogens with one attached hydrogen (secondary N) is 1. The molecule has 0 spiro atoms. The van der Waals surface area contributed by atoms with Crippen molar-refractivity contribution in [2.45, 2.75) is 34.2 Å². The summed E-state index contributed by atoms with van der Waals surface area (Å²) in [6.07, 6.45) is 6.08. The van der Waals surface area contributed by atoms with Gasteiger partial charge in [-0.1, -0.05) is 0 Å². The number of anilines is 1. The number of benzene rings is 2. The Bertz CT molecular complexity index is 1520. The van der Waals surface area contributed by atoms with Gasteiger partial charge in [-0.2, -0.15) is 24.7 Å². The van der Waals surface area contributed by atoms with Gasteiger partial charge in [0.2, 0.25) is 0 Å². The Hall–Kier alpha value is -5.20. The number of aromatic nitrogens is 6. The summed E-state index contributed by atoms with van der Waals surface area (Å²) in [6.45, 7) is 7.50. The first-order valence-electron chi connectivity index (χ1n) is 11.7. The van der Waals surface area contributed by atoms with Gasteiger partial charge in [0.05, 0.1) is 18.6 Å². The van der Waals surface area contributed by atoms with E-state index in [0.29, 0.717) is 39.7 Å². The third-order valence-corrected chi connectivity index (χ3v) is 5.74. The van der Waals surface area contributed by atoms with E-state index in [9.17, 15) is 10.2 Å². The van der Waals surface area contributed by atoms with Gasteiger partial charge in [-0.15, -0.1) is 20.4 Å². The summed E-state index contributed by atoms with van der Waals surface area (Å²) < 4.78 is 3.00. The Morgan fingerprint density at radius 2 is 1.18 bits per heavy atom. The third kappa shape index (κ3) is 4.89. The highest BCUT2D eigenvalue weighted by Gasteiger charge is 2.12. The molecule has 0 aliphatic carbocycles. The van der Waals surface area contributed by atoms with E-state index in [4.69, 9.17) is 0 Å². The van der Waals surface area contributed by atoms with Gasteiger partial charge in [0, 0.05) is 28.5 Å². The van der Waals surface area contributed by atoms with Crippen molar-refractivity contribution < 1.29 is 10.2 Å². The van der Waals surface area contributed by atoms with Gasteiger partial charge in [-0.25, -0.2) is 5.43 Å². The van der Waals surface area contributed by atoms with E-state index in [1.807, 2.05) is 19.9 Å². The Morgan fingerprint density at radius 1 is 0.658 bits per heavy atom. The second-order valence-electron chi connectivity index (χ2n) is 8.77. The Kier molecular flexibility index (Phi) is 6.47. The van der Waals surface area contributed by atoms with Crippen molar-refractivity contribution in [3.05, 3.63) is 75.1 Å². The minimum absolute atomic E-state index is 0.00426. The average molecular weight is 512 g/mol. The summed E-state index contributed by atoms with van der Waals surface area (Å²) in [4.78, 5) is 4.46. The second kappa shape index (κ2) is 10.0. The van der Waals surface area contributed by atoms with Crippen LogP contribution < -0.4 is 5.43 Å². The number of fused-ring (bicyclic) bond motifs is 6. The normalized spacial score (nSPS) is 15.7. The molecule has 0 radical (unpaired) electrons. The molecule has 0 unspecified atom stereocenters. The summed E-state index contributed by atoms with van der Waals surface area (Å²) in [5.74, 6) is 1.84. The van der Waals surface area contributed by atoms with E-state index >= 15 is 0 Å².